The summed E-state index contributed by atoms with van der Waals surface area (Å²) in [5.74, 6) is -0.00658. The first-order chi connectivity index (χ1) is 20.4. The number of piperazine rings is 1. The molecule has 2 aliphatic heterocycles. The number of carbonyl (C=O) groups is 1. The lowest BCUT2D eigenvalue weighted by Crippen LogP contribution is -2.61. The van der Waals surface area contributed by atoms with Gasteiger partial charge in [-0.25, -0.2) is 8.42 Å². The number of hydrogen-bond acceptors (Lipinski definition) is 7. The number of benzene rings is 3. The molecule has 13 heteroatoms. The Bertz CT molecular complexity index is 1660. The average Bonchev–Trinajstić information content (AvgIpc) is 2.99. The van der Waals surface area contributed by atoms with Crippen LogP contribution in [0.5, 0.6) is 5.75 Å². The van der Waals surface area contributed by atoms with E-state index < -0.39 is 21.8 Å². The number of fused-ring (bicyclic) bond motifs is 3. The predicted octanol–water partition coefficient (Wildman–Crippen LogP) is 5.41. The van der Waals surface area contributed by atoms with E-state index in [2.05, 4.69) is 4.90 Å². The molecule has 0 amide bonds. The summed E-state index contributed by atoms with van der Waals surface area (Å²) in [6.07, 6.45) is -1.84. The van der Waals surface area contributed by atoms with Gasteiger partial charge in [0.15, 0.2) is 0 Å². The summed E-state index contributed by atoms with van der Waals surface area (Å²) >= 11 is 6.13. The van der Waals surface area contributed by atoms with Gasteiger partial charge in [-0.05, 0) is 42.0 Å². The quantitative estimate of drug-likeness (QED) is 0.254. The smallest absolute Gasteiger partial charge is 0.417 e. The summed E-state index contributed by atoms with van der Waals surface area (Å²) in [6.45, 7) is 1.68. The van der Waals surface area contributed by atoms with Crippen LogP contribution in [0.1, 0.15) is 16.7 Å². The molecule has 0 aromatic heterocycles. The van der Waals surface area contributed by atoms with Crippen LogP contribution in [0.25, 0.3) is 12.2 Å². The van der Waals surface area contributed by atoms with Crippen LogP contribution in [-0.4, -0.2) is 72.3 Å². The molecule has 1 fully saturated rings. The van der Waals surface area contributed by atoms with Gasteiger partial charge in [-0.15, -0.1) is 0 Å². The number of esters is 1. The number of nitrogens with zero attached hydrogens (tertiary/aromatic N) is 3. The Morgan fingerprint density at radius 1 is 1.00 bits per heavy atom. The zero-order valence-corrected chi connectivity index (χ0v) is 24.9. The first kappa shape index (κ1) is 30.7. The molecule has 8 nitrogen and oxygen atoms in total. The molecule has 0 bridgehead atoms. The summed E-state index contributed by atoms with van der Waals surface area (Å²) in [5.41, 5.74) is 0.478. The second-order valence-corrected chi connectivity index (χ2v) is 12.4. The van der Waals surface area contributed by atoms with Gasteiger partial charge in [-0.1, -0.05) is 42.0 Å². The van der Waals surface area contributed by atoms with Crippen molar-refractivity contribution in [3.8, 4) is 5.75 Å². The summed E-state index contributed by atoms with van der Waals surface area (Å²) in [6, 6.07) is 14.6. The number of anilines is 2. The zero-order valence-electron chi connectivity index (χ0n) is 23.3. The number of sulfonamides is 1. The lowest BCUT2D eigenvalue weighted by molar-refractivity contribution is -0.142. The van der Waals surface area contributed by atoms with Crippen LogP contribution < -0.4 is 13.9 Å². The van der Waals surface area contributed by atoms with Gasteiger partial charge in [-0.2, -0.15) is 13.2 Å². The monoisotopic (exact) mass is 635 g/mol. The molecule has 0 saturated carbocycles. The molecule has 2 aliphatic rings. The third-order valence-electron chi connectivity index (χ3n) is 7.53. The van der Waals surface area contributed by atoms with Crippen molar-refractivity contribution in [3.05, 3.63) is 82.4 Å². The van der Waals surface area contributed by atoms with E-state index in [-0.39, 0.29) is 40.6 Å². The molecule has 0 N–H and O–H groups in total. The van der Waals surface area contributed by atoms with Crippen LogP contribution in [0.4, 0.5) is 24.5 Å². The van der Waals surface area contributed by atoms with Gasteiger partial charge in [-0.3, -0.25) is 14.0 Å². The van der Waals surface area contributed by atoms with Crippen molar-refractivity contribution < 1.29 is 35.9 Å². The van der Waals surface area contributed by atoms with Crippen LogP contribution in [0.3, 0.4) is 0 Å². The Balaban J connectivity index is 1.57. The predicted molar refractivity (Wildman–Crippen MR) is 159 cm³/mol. The summed E-state index contributed by atoms with van der Waals surface area (Å²) in [7, 11) is -1.33. The van der Waals surface area contributed by atoms with Gasteiger partial charge in [0.1, 0.15) is 5.75 Å². The molecule has 228 valence electrons. The number of ether oxygens (including phenoxy) is 2. The van der Waals surface area contributed by atoms with E-state index >= 15 is 0 Å². The van der Waals surface area contributed by atoms with Gasteiger partial charge >= 0.3 is 12.1 Å². The van der Waals surface area contributed by atoms with Gasteiger partial charge in [0.05, 0.1) is 55.2 Å². The molecule has 43 heavy (non-hydrogen) atoms. The summed E-state index contributed by atoms with van der Waals surface area (Å²) < 4.78 is 80.5. The number of halogens is 4. The zero-order chi connectivity index (χ0) is 30.9. The van der Waals surface area contributed by atoms with Crippen molar-refractivity contribution in [2.24, 2.45) is 0 Å². The average molecular weight is 636 g/mol. The third-order valence-corrected chi connectivity index (χ3v) is 9.64. The largest absolute Gasteiger partial charge is 0.497 e. The molecule has 1 atom stereocenters. The number of rotatable bonds is 7. The van der Waals surface area contributed by atoms with E-state index in [9.17, 15) is 26.4 Å². The molecule has 1 saturated heterocycles. The molecule has 0 spiro atoms. The molecule has 2 heterocycles. The molecule has 5 rings (SSSR count). The van der Waals surface area contributed by atoms with Crippen molar-refractivity contribution in [3.63, 3.8) is 0 Å². The van der Waals surface area contributed by atoms with E-state index in [0.717, 1.165) is 6.07 Å². The maximum Gasteiger partial charge on any atom is 0.417 e. The molecule has 0 unspecified atom stereocenters. The SMILES string of the molecule is COC(=O)CN1CCN2c3ccc(/C=C/c4c(Cl)cccc4C(F)(F)F)cc3N(S(=O)(=O)c3cccc(OC)c3)C[C@@H]2C1. The van der Waals surface area contributed by atoms with E-state index in [1.165, 1.54) is 54.9 Å². The second kappa shape index (κ2) is 12.1. The highest BCUT2D eigenvalue weighted by Gasteiger charge is 2.40. The normalized spacial score (nSPS) is 17.5. The first-order valence-corrected chi connectivity index (χ1v) is 15.1. The molecular formula is C30H29ClF3N3O5S. The topological polar surface area (TPSA) is 79.4 Å². The molecular weight excluding hydrogens is 607 g/mol. The minimum absolute atomic E-state index is 0.0281. The lowest BCUT2D eigenvalue weighted by atomic mass is 10.0. The highest BCUT2D eigenvalue weighted by Crippen LogP contribution is 2.41. The van der Waals surface area contributed by atoms with Crippen molar-refractivity contribution in [2.45, 2.75) is 17.1 Å². The molecule has 3 aromatic carbocycles. The summed E-state index contributed by atoms with van der Waals surface area (Å²) in [4.78, 5) is 16.0. The maximum absolute atomic E-state index is 14.1. The standard InChI is InChI=1S/C30H29ClF3N3O5S/c1-41-22-5-3-6-23(16-22)43(39,40)37-18-21-17-35(19-29(38)42-2)13-14-36(21)27-12-10-20(15-28(27)37)9-11-24-25(30(32,33)34)7-4-8-26(24)31/h3-12,15-16,21H,13-14,17-19H2,1-2H3/b11-9+/t21-/m0/s1. The fourth-order valence-electron chi connectivity index (χ4n) is 5.41. The third kappa shape index (κ3) is 6.31. The maximum atomic E-state index is 14.1. The van der Waals surface area contributed by atoms with Crippen LogP contribution in [-0.2, 0) is 25.7 Å². The van der Waals surface area contributed by atoms with E-state index in [1.54, 1.807) is 30.3 Å². The Hall–Kier alpha value is -3.74. The minimum atomic E-state index is -4.60. The first-order valence-electron chi connectivity index (χ1n) is 13.3. The van der Waals surface area contributed by atoms with Crippen LogP contribution in [0, 0.1) is 0 Å². The van der Waals surface area contributed by atoms with E-state index in [4.69, 9.17) is 21.1 Å². The van der Waals surface area contributed by atoms with Gasteiger partial charge < -0.3 is 14.4 Å². The number of carbonyl (C=O) groups excluding carboxylic acids is 1. The molecule has 0 radical (unpaired) electrons. The van der Waals surface area contributed by atoms with E-state index in [0.29, 0.717) is 42.3 Å². The van der Waals surface area contributed by atoms with Crippen molar-refractivity contribution >= 4 is 51.1 Å². The number of hydrogen-bond donors (Lipinski definition) is 0. The second-order valence-electron chi connectivity index (χ2n) is 10.2. The van der Waals surface area contributed by atoms with E-state index in [1.807, 2.05) is 4.90 Å². The Morgan fingerprint density at radius 3 is 2.49 bits per heavy atom. The Labute approximate surface area is 252 Å². The lowest BCUT2D eigenvalue weighted by Gasteiger charge is -2.49. The van der Waals surface area contributed by atoms with Crippen molar-refractivity contribution in [2.75, 3.05) is 56.1 Å². The van der Waals surface area contributed by atoms with Crippen LogP contribution in [0.15, 0.2) is 65.6 Å². The van der Waals surface area contributed by atoms with Gasteiger partial charge in [0.25, 0.3) is 10.0 Å². The van der Waals surface area contributed by atoms with Crippen LogP contribution in [0.2, 0.25) is 5.02 Å². The highest BCUT2D eigenvalue weighted by atomic mass is 35.5. The van der Waals surface area contributed by atoms with Gasteiger partial charge in [0.2, 0.25) is 0 Å². The van der Waals surface area contributed by atoms with Gasteiger partial charge in [0, 0.05) is 36.3 Å². The number of methoxy groups -OCH3 is 2. The van der Waals surface area contributed by atoms with Crippen LogP contribution >= 0.6 is 11.6 Å². The number of alkyl halides is 3. The highest BCUT2D eigenvalue weighted by molar-refractivity contribution is 7.92. The Morgan fingerprint density at radius 2 is 1.77 bits per heavy atom. The fourth-order valence-corrected chi connectivity index (χ4v) is 7.19. The summed E-state index contributed by atoms with van der Waals surface area (Å²) in [5, 5.41) is -0.0565. The molecule has 3 aromatic rings. The molecule has 0 aliphatic carbocycles. The Kier molecular flexibility index (Phi) is 8.64. The van der Waals surface area contributed by atoms with Crippen molar-refractivity contribution in [1.82, 2.24) is 4.90 Å². The minimum Gasteiger partial charge on any atom is -0.497 e. The fraction of sp³-hybridized carbons (Fsp3) is 0.300. The van der Waals surface area contributed by atoms with Crippen molar-refractivity contribution in [1.29, 1.82) is 0 Å².